The van der Waals surface area contributed by atoms with Crippen molar-refractivity contribution >= 4 is 67.8 Å². The van der Waals surface area contributed by atoms with E-state index in [1.165, 1.54) is 30.6 Å². The van der Waals surface area contributed by atoms with E-state index in [9.17, 15) is 0 Å². The monoisotopic (exact) mass is 581 g/mol. The molecule has 1 saturated carbocycles. The maximum absolute atomic E-state index is 6.04. The van der Waals surface area contributed by atoms with Crippen molar-refractivity contribution in [2.75, 3.05) is 23.7 Å². The van der Waals surface area contributed by atoms with Crippen LogP contribution in [0.15, 0.2) is 82.2 Å². The highest BCUT2D eigenvalue weighted by atomic mass is 79.9. The van der Waals surface area contributed by atoms with E-state index >= 15 is 0 Å². The van der Waals surface area contributed by atoms with Gasteiger partial charge in [-0.1, -0.05) is 39.7 Å². The molecule has 1 aromatic heterocycles. The second-order valence-corrected chi connectivity index (χ2v) is 11.5. The van der Waals surface area contributed by atoms with Crippen LogP contribution < -0.4 is 15.4 Å². The molecular weight excluding hydrogens is 554 g/mol. The van der Waals surface area contributed by atoms with Crippen molar-refractivity contribution in [3.63, 3.8) is 0 Å². The van der Waals surface area contributed by atoms with Crippen LogP contribution in [0, 0.1) is 11.8 Å². The molecule has 5 rings (SSSR count). The molecule has 0 bridgehead atoms. The molecular formula is C28H29BrClN5S. The van der Waals surface area contributed by atoms with Gasteiger partial charge in [-0.3, -0.25) is 4.72 Å². The number of nitrogens with zero attached hydrogens (tertiary/aromatic N) is 2. The summed E-state index contributed by atoms with van der Waals surface area (Å²) in [7, 11) is 0. The highest BCUT2D eigenvalue weighted by Gasteiger charge is 2.21. The fourth-order valence-electron chi connectivity index (χ4n) is 4.54. The molecule has 36 heavy (non-hydrogen) atoms. The lowest BCUT2D eigenvalue weighted by Gasteiger charge is -2.28. The van der Waals surface area contributed by atoms with Crippen LogP contribution in [0.5, 0.6) is 0 Å². The number of benzene rings is 3. The number of fused-ring (bicyclic) bond motifs is 1. The van der Waals surface area contributed by atoms with E-state index in [0.29, 0.717) is 16.9 Å². The van der Waals surface area contributed by atoms with Crippen LogP contribution in [0.3, 0.4) is 0 Å². The minimum absolute atomic E-state index is 0.642. The molecule has 186 valence electrons. The highest BCUT2D eigenvalue weighted by molar-refractivity contribution is 9.10. The van der Waals surface area contributed by atoms with Crippen LogP contribution in [-0.2, 0) is 0 Å². The van der Waals surface area contributed by atoms with Gasteiger partial charge < -0.3 is 10.6 Å². The summed E-state index contributed by atoms with van der Waals surface area (Å²) in [6.07, 6.45) is 4.96. The lowest BCUT2D eigenvalue weighted by molar-refractivity contribution is 0.285. The summed E-state index contributed by atoms with van der Waals surface area (Å²) in [5, 5.41) is 8.66. The zero-order valence-electron chi connectivity index (χ0n) is 19.9. The summed E-state index contributed by atoms with van der Waals surface area (Å²) in [4.78, 5) is 10.8. The van der Waals surface area contributed by atoms with Gasteiger partial charge in [-0.05, 0) is 110 Å². The second-order valence-electron chi connectivity index (χ2n) is 9.22. The molecule has 4 aromatic rings. The molecule has 3 N–H and O–H groups in total. The topological polar surface area (TPSA) is 61.9 Å². The zero-order chi connectivity index (χ0) is 24.7. The molecule has 0 radical (unpaired) electrons. The largest absolute Gasteiger partial charge is 0.354 e. The minimum Gasteiger partial charge on any atom is -0.354 e. The van der Waals surface area contributed by atoms with Crippen LogP contribution in [0.2, 0.25) is 5.02 Å². The number of para-hydroxylation sites is 1. The van der Waals surface area contributed by atoms with Gasteiger partial charge in [0, 0.05) is 38.6 Å². The van der Waals surface area contributed by atoms with E-state index in [0.717, 1.165) is 45.9 Å². The fourth-order valence-corrected chi connectivity index (χ4v) is 5.69. The number of halogens is 2. The number of nitrogens with one attached hydrogen (secondary N) is 3. The Hall–Kier alpha value is -2.32. The van der Waals surface area contributed by atoms with Crippen molar-refractivity contribution < 1.29 is 0 Å². The zero-order valence-corrected chi connectivity index (χ0v) is 23.0. The molecule has 0 aliphatic heterocycles. The van der Waals surface area contributed by atoms with Crippen molar-refractivity contribution in [1.82, 2.24) is 14.7 Å². The second kappa shape index (κ2) is 12.3. The van der Waals surface area contributed by atoms with Gasteiger partial charge in [-0.15, -0.1) is 0 Å². The van der Waals surface area contributed by atoms with Gasteiger partial charge in [0.05, 0.1) is 5.52 Å². The molecule has 0 atom stereocenters. The van der Waals surface area contributed by atoms with Crippen molar-refractivity contribution in [3.05, 3.63) is 82.3 Å². The summed E-state index contributed by atoms with van der Waals surface area (Å²) in [6, 6.07) is 24.2. The van der Waals surface area contributed by atoms with E-state index in [1.54, 1.807) is 11.9 Å². The van der Waals surface area contributed by atoms with Crippen molar-refractivity contribution in [3.8, 4) is 0 Å². The number of aromatic nitrogens is 2. The van der Waals surface area contributed by atoms with Gasteiger partial charge >= 0.3 is 0 Å². The van der Waals surface area contributed by atoms with Crippen LogP contribution in [0.4, 0.5) is 17.5 Å². The first-order valence-electron chi connectivity index (χ1n) is 12.3. The van der Waals surface area contributed by atoms with E-state index in [2.05, 4.69) is 55.6 Å². The molecule has 1 aliphatic rings. The first-order valence-corrected chi connectivity index (χ1v) is 14.3. The van der Waals surface area contributed by atoms with Gasteiger partial charge in [0.15, 0.2) is 0 Å². The van der Waals surface area contributed by atoms with Gasteiger partial charge in [-0.25, -0.2) is 4.98 Å². The lowest BCUT2D eigenvalue weighted by Crippen LogP contribution is -2.26. The van der Waals surface area contributed by atoms with Crippen LogP contribution in [0.25, 0.3) is 10.9 Å². The lowest BCUT2D eigenvalue weighted by atomic mass is 9.82. The quantitative estimate of drug-likeness (QED) is 0.173. The van der Waals surface area contributed by atoms with Crippen molar-refractivity contribution in [2.45, 2.75) is 30.6 Å². The van der Waals surface area contributed by atoms with E-state index in [-0.39, 0.29) is 0 Å². The SMILES string of the molecule is Clc1ccc(Nc2nc(NCC3CCC(CNSc4ccc(Br)cc4)CC3)nc3ccccc23)cc1. The summed E-state index contributed by atoms with van der Waals surface area (Å²) in [5.74, 6) is 2.84. The number of hydrogen-bond donors (Lipinski definition) is 3. The van der Waals surface area contributed by atoms with Crippen LogP contribution in [0.1, 0.15) is 25.7 Å². The average molecular weight is 583 g/mol. The summed E-state index contributed by atoms with van der Waals surface area (Å²) in [6.45, 7) is 1.95. The standard InChI is InChI=1S/C28H29BrClN5S/c29-21-9-15-24(16-10-21)36-32-18-20-7-5-19(6-8-20)17-31-28-34-26-4-2-1-3-25(26)27(35-28)33-23-13-11-22(30)12-14-23/h1-4,9-16,19-20,32H,5-8,17-18H2,(H2,31,33,34,35). The molecule has 0 amide bonds. The Morgan fingerprint density at radius 1 is 0.833 bits per heavy atom. The highest BCUT2D eigenvalue weighted by Crippen LogP contribution is 2.30. The first-order chi connectivity index (χ1) is 17.6. The summed E-state index contributed by atoms with van der Waals surface area (Å²) in [5.41, 5.74) is 1.86. The Morgan fingerprint density at radius 2 is 1.53 bits per heavy atom. The van der Waals surface area contributed by atoms with Crippen LogP contribution in [-0.4, -0.2) is 23.1 Å². The average Bonchev–Trinajstić information content (AvgIpc) is 2.91. The van der Waals surface area contributed by atoms with E-state index in [1.807, 2.05) is 48.5 Å². The molecule has 5 nitrogen and oxygen atoms in total. The normalized spacial score (nSPS) is 17.7. The molecule has 0 unspecified atom stereocenters. The minimum atomic E-state index is 0.642. The number of rotatable bonds is 9. The van der Waals surface area contributed by atoms with Gasteiger partial charge in [0.25, 0.3) is 0 Å². The predicted molar refractivity (Wildman–Crippen MR) is 156 cm³/mol. The Kier molecular flexibility index (Phi) is 8.64. The maximum Gasteiger partial charge on any atom is 0.225 e. The van der Waals surface area contributed by atoms with Gasteiger partial charge in [0.2, 0.25) is 5.95 Å². The predicted octanol–water partition coefficient (Wildman–Crippen LogP) is 8.30. The number of anilines is 3. The maximum atomic E-state index is 6.04. The third-order valence-corrected chi connectivity index (χ3v) is 8.20. The summed E-state index contributed by atoms with van der Waals surface area (Å²) < 4.78 is 4.67. The van der Waals surface area contributed by atoms with E-state index < -0.39 is 0 Å². The van der Waals surface area contributed by atoms with Gasteiger partial charge in [0.1, 0.15) is 5.82 Å². The molecule has 0 saturated heterocycles. The van der Waals surface area contributed by atoms with Crippen LogP contribution >= 0.6 is 39.5 Å². The van der Waals surface area contributed by atoms with E-state index in [4.69, 9.17) is 21.6 Å². The first kappa shape index (κ1) is 25.3. The van der Waals surface area contributed by atoms with Crippen molar-refractivity contribution in [1.29, 1.82) is 0 Å². The Balaban J connectivity index is 1.13. The smallest absolute Gasteiger partial charge is 0.225 e. The molecule has 0 spiro atoms. The fraction of sp³-hybridized carbons (Fsp3) is 0.286. The molecule has 3 aromatic carbocycles. The Labute approximate surface area is 230 Å². The molecule has 1 heterocycles. The molecule has 8 heteroatoms. The van der Waals surface area contributed by atoms with Crippen molar-refractivity contribution in [2.24, 2.45) is 11.8 Å². The molecule has 1 fully saturated rings. The Bertz CT molecular complexity index is 1280. The number of hydrogen-bond acceptors (Lipinski definition) is 6. The third kappa shape index (κ3) is 6.91. The van der Waals surface area contributed by atoms with Gasteiger partial charge in [-0.2, -0.15) is 4.98 Å². The Morgan fingerprint density at radius 3 is 2.28 bits per heavy atom. The molecule has 1 aliphatic carbocycles. The third-order valence-electron chi connectivity index (χ3n) is 6.60. The summed E-state index contributed by atoms with van der Waals surface area (Å²) >= 11 is 11.3.